The topological polar surface area (TPSA) is 65.4 Å². The minimum atomic E-state index is -3.07. The number of carbonyl (C=O) groups is 1. The van der Waals surface area contributed by atoms with Gasteiger partial charge in [-0.05, 0) is 43.3 Å². The van der Waals surface area contributed by atoms with Gasteiger partial charge >= 0.3 is 6.61 Å². The quantitative estimate of drug-likeness (QED) is 0.685. The fourth-order valence-electron chi connectivity index (χ4n) is 2.62. The zero-order valence-corrected chi connectivity index (χ0v) is 14.9. The smallest absolute Gasteiger partial charge is 0.387 e. The summed E-state index contributed by atoms with van der Waals surface area (Å²) in [7, 11) is 1.29. The molecule has 1 amide bonds. The van der Waals surface area contributed by atoms with E-state index in [-0.39, 0.29) is 28.4 Å². The second-order valence-corrected chi connectivity index (χ2v) is 5.71. The summed E-state index contributed by atoms with van der Waals surface area (Å²) in [4.78, 5) is 16.4. The first-order valence-corrected chi connectivity index (χ1v) is 8.13. The number of anilines is 1. The van der Waals surface area contributed by atoms with E-state index < -0.39 is 18.3 Å². The third-order valence-corrected chi connectivity index (χ3v) is 3.93. The summed E-state index contributed by atoms with van der Waals surface area (Å²) >= 11 is 0. The lowest BCUT2D eigenvalue weighted by Crippen LogP contribution is -2.13. The molecule has 1 aromatic heterocycles. The molecule has 1 heterocycles. The van der Waals surface area contributed by atoms with Crippen LogP contribution < -0.4 is 14.8 Å². The van der Waals surface area contributed by atoms with Crippen LogP contribution in [0.3, 0.4) is 0 Å². The van der Waals surface area contributed by atoms with Crippen LogP contribution in [0.5, 0.6) is 11.5 Å². The van der Waals surface area contributed by atoms with Crippen molar-refractivity contribution in [2.75, 3.05) is 12.4 Å². The van der Waals surface area contributed by atoms with Gasteiger partial charge in [0.05, 0.1) is 12.8 Å². The number of carbonyl (C=O) groups excluding carboxylic acids is 1. The van der Waals surface area contributed by atoms with E-state index in [9.17, 15) is 18.0 Å². The van der Waals surface area contributed by atoms with Crippen molar-refractivity contribution in [1.29, 1.82) is 0 Å². The number of nitrogens with one attached hydrogen (secondary N) is 1. The minimum Gasteiger partial charge on any atom is -0.493 e. The lowest BCUT2D eigenvalue weighted by molar-refractivity contribution is -0.0512. The number of benzene rings is 2. The Morgan fingerprint density at radius 1 is 1.18 bits per heavy atom. The predicted molar refractivity (Wildman–Crippen MR) is 95.8 cm³/mol. The molecule has 1 N–H and O–H groups in total. The Bertz CT molecular complexity index is 1010. The van der Waals surface area contributed by atoms with Crippen molar-refractivity contribution in [3.8, 4) is 17.2 Å². The normalized spacial score (nSPS) is 10.8. The summed E-state index contributed by atoms with van der Waals surface area (Å²) in [5.74, 6) is -0.784. The van der Waals surface area contributed by atoms with Crippen molar-refractivity contribution in [3.05, 3.63) is 66.0 Å². The predicted octanol–water partition coefficient (Wildman–Crippen LogP) is 4.18. The molecule has 0 saturated heterocycles. The fourth-order valence-corrected chi connectivity index (χ4v) is 2.62. The van der Waals surface area contributed by atoms with E-state index in [1.807, 2.05) is 0 Å². The van der Waals surface area contributed by atoms with Gasteiger partial charge < -0.3 is 19.4 Å². The van der Waals surface area contributed by atoms with Crippen molar-refractivity contribution in [1.82, 2.24) is 9.55 Å². The third-order valence-electron chi connectivity index (χ3n) is 3.93. The van der Waals surface area contributed by atoms with Crippen molar-refractivity contribution in [2.24, 2.45) is 0 Å². The highest BCUT2D eigenvalue weighted by Crippen LogP contribution is 2.30. The Balaban J connectivity index is 1.81. The molecule has 0 spiro atoms. The highest BCUT2D eigenvalue weighted by atomic mass is 19.3. The van der Waals surface area contributed by atoms with Crippen molar-refractivity contribution >= 4 is 11.6 Å². The average Bonchev–Trinajstić information content (AvgIpc) is 3.07. The summed E-state index contributed by atoms with van der Waals surface area (Å²) in [5.41, 5.74) is 0.535. The lowest BCUT2D eigenvalue weighted by Gasteiger charge is -2.12. The van der Waals surface area contributed by atoms with Gasteiger partial charge in [-0.25, -0.2) is 9.37 Å². The lowest BCUT2D eigenvalue weighted by atomic mass is 10.1. The molecule has 6 nitrogen and oxygen atoms in total. The van der Waals surface area contributed by atoms with Crippen LogP contribution in [0.2, 0.25) is 0 Å². The van der Waals surface area contributed by atoms with Crippen LogP contribution in [-0.4, -0.2) is 29.2 Å². The van der Waals surface area contributed by atoms with E-state index in [4.69, 9.17) is 4.74 Å². The Hall–Kier alpha value is -3.49. The number of halogens is 3. The zero-order valence-electron chi connectivity index (χ0n) is 14.9. The number of rotatable bonds is 6. The maximum absolute atomic E-state index is 14.4. The fraction of sp³-hybridized carbons (Fsp3) is 0.158. The molecular weight excluding hydrogens is 375 g/mol. The average molecular weight is 391 g/mol. The van der Waals surface area contributed by atoms with Crippen molar-refractivity contribution in [3.63, 3.8) is 0 Å². The van der Waals surface area contributed by atoms with Crippen LogP contribution in [0.25, 0.3) is 5.69 Å². The number of alkyl halides is 2. The van der Waals surface area contributed by atoms with E-state index in [1.165, 1.54) is 31.4 Å². The molecule has 0 aliphatic heterocycles. The third kappa shape index (κ3) is 4.08. The van der Waals surface area contributed by atoms with Crippen LogP contribution in [0, 0.1) is 12.7 Å². The molecule has 0 bridgehead atoms. The molecule has 0 saturated carbocycles. The maximum Gasteiger partial charge on any atom is 0.387 e. The SMILES string of the molecule is COc1ccc(C(=O)Nc2ccc(-n3ccnc3C)c(F)c2)cc1OC(F)F. The first kappa shape index (κ1) is 19.3. The van der Waals surface area contributed by atoms with Gasteiger partial charge in [0.1, 0.15) is 11.6 Å². The van der Waals surface area contributed by atoms with Crippen molar-refractivity contribution < 1.29 is 27.4 Å². The molecule has 2 aromatic carbocycles. The summed E-state index contributed by atoms with van der Waals surface area (Å²) in [6, 6.07) is 8.02. The standard InChI is InChI=1S/C19H16F3N3O3/c1-11-23-7-8-25(11)15-5-4-13(10-14(15)20)24-18(26)12-3-6-16(27-2)17(9-12)28-19(21)22/h3-10,19H,1-2H3,(H,24,26). The van der Waals surface area contributed by atoms with Crippen molar-refractivity contribution in [2.45, 2.75) is 13.5 Å². The number of aromatic nitrogens is 2. The monoisotopic (exact) mass is 391 g/mol. The van der Waals surface area contributed by atoms with E-state index in [0.29, 0.717) is 5.82 Å². The number of aryl methyl sites for hydroxylation is 1. The molecule has 3 rings (SSSR count). The molecule has 3 aromatic rings. The van der Waals surface area contributed by atoms with Gasteiger partial charge in [0, 0.05) is 23.6 Å². The summed E-state index contributed by atoms with van der Waals surface area (Å²) in [6.07, 6.45) is 3.17. The minimum absolute atomic E-state index is 0.0476. The molecule has 0 aliphatic rings. The molecule has 0 fully saturated rings. The Labute approximate surface area is 158 Å². The van der Waals surface area contributed by atoms with Crippen LogP contribution in [-0.2, 0) is 0 Å². The molecular formula is C19H16F3N3O3. The number of methoxy groups -OCH3 is 1. The van der Waals surface area contributed by atoms with E-state index in [1.54, 1.807) is 23.9 Å². The molecule has 0 unspecified atom stereocenters. The molecule has 0 radical (unpaired) electrons. The number of nitrogens with zero attached hydrogens (tertiary/aromatic N) is 2. The maximum atomic E-state index is 14.4. The van der Waals surface area contributed by atoms with Gasteiger partial charge in [0.15, 0.2) is 11.5 Å². The number of amides is 1. The highest BCUT2D eigenvalue weighted by molar-refractivity contribution is 6.04. The Morgan fingerprint density at radius 3 is 2.57 bits per heavy atom. The van der Waals surface area contributed by atoms with Gasteiger partial charge in [-0.3, -0.25) is 4.79 Å². The number of ether oxygens (including phenoxy) is 2. The highest BCUT2D eigenvalue weighted by Gasteiger charge is 2.15. The molecule has 28 heavy (non-hydrogen) atoms. The Kier molecular flexibility index (Phi) is 5.53. The molecule has 146 valence electrons. The first-order chi connectivity index (χ1) is 13.4. The zero-order chi connectivity index (χ0) is 20.3. The van der Waals surface area contributed by atoms with Crippen LogP contribution in [0.15, 0.2) is 48.8 Å². The van der Waals surface area contributed by atoms with E-state index in [0.717, 1.165) is 12.1 Å². The number of hydrogen-bond acceptors (Lipinski definition) is 4. The van der Waals surface area contributed by atoms with Gasteiger partial charge in [0.25, 0.3) is 5.91 Å². The van der Waals surface area contributed by atoms with Gasteiger partial charge in [-0.2, -0.15) is 8.78 Å². The molecule has 0 atom stereocenters. The van der Waals surface area contributed by atoms with Crippen LogP contribution in [0.1, 0.15) is 16.2 Å². The second-order valence-electron chi connectivity index (χ2n) is 5.71. The summed E-state index contributed by atoms with van der Waals surface area (Å²) in [6.45, 7) is -1.34. The van der Waals surface area contributed by atoms with E-state index >= 15 is 0 Å². The van der Waals surface area contributed by atoms with E-state index in [2.05, 4.69) is 15.0 Å². The largest absolute Gasteiger partial charge is 0.493 e. The van der Waals surface area contributed by atoms with Crippen LogP contribution >= 0.6 is 0 Å². The van der Waals surface area contributed by atoms with Crippen LogP contribution in [0.4, 0.5) is 18.9 Å². The summed E-state index contributed by atoms with van der Waals surface area (Å²) < 4.78 is 50.3. The number of hydrogen-bond donors (Lipinski definition) is 1. The second kappa shape index (κ2) is 8.03. The molecule has 9 heteroatoms. The van der Waals surface area contributed by atoms with Gasteiger partial charge in [-0.1, -0.05) is 0 Å². The number of imidazole rings is 1. The van der Waals surface area contributed by atoms with Gasteiger partial charge in [0.2, 0.25) is 0 Å². The van der Waals surface area contributed by atoms with Gasteiger partial charge in [-0.15, -0.1) is 0 Å². The molecule has 0 aliphatic carbocycles. The summed E-state index contributed by atoms with van der Waals surface area (Å²) in [5, 5.41) is 2.52. The Morgan fingerprint density at radius 2 is 1.96 bits per heavy atom. The first-order valence-electron chi connectivity index (χ1n) is 8.13.